The number of hydrogen-bond donors (Lipinski definition) is 2. The van der Waals surface area contributed by atoms with Crippen LogP contribution in [0.3, 0.4) is 0 Å². The predicted molar refractivity (Wildman–Crippen MR) is 75.3 cm³/mol. The SMILES string of the molecule is CC(C)c1csc(CNC(=O)[C@H]2NCCO[C@@H]2C)n1. The van der Waals surface area contributed by atoms with Crippen LogP contribution in [-0.4, -0.2) is 36.2 Å². The molecule has 0 radical (unpaired) electrons. The van der Waals surface area contributed by atoms with E-state index in [2.05, 4.69) is 34.8 Å². The van der Waals surface area contributed by atoms with Crippen LogP contribution in [0.15, 0.2) is 5.38 Å². The fourth-order valence-electron chi connectivity index (χ4n) is 1.97. The summed E-state index contributed by atoms with van der Waals surface area (Å²) in [6, 6.07) is -0.265. The number of hydrogen-bond acceptors (Lipinski definition) is 5. The number of morpholine rings is 1. The molecule has 5 nitrogen and oxygen atoms in total. The summed E-state index contributed by atoms with van der Waals surface area (Å²) in [6.45, 7) is 8.01. The summed E-state index contributed by atoms with van der Waals surface area (Å²) in [5.74, 6) is 0.405. The lowest BCUT2D eigenvalue weighted by atomic mass is 10.1. The zero-order valence-electron chi connectivity index (χ0n) is 11.6. The number of thiazole rings is 1. The molecule has 0 aromatic carbocycles. The maximum absolute atomic E-state index is 12.0. The smallest absolute Gasteiger partial charge is 0.240 e. The van der Waals surface area contributed by atoms with E-state index in [9.17, 15) is 4.79 Å². The molecule has 0 unspecified atom stereocenters. The van der Waals surface area contributed by atoms with E-state index in [1.165, 1.54) is 0 Å². The van der Waals surface area contributed by atoms with Crippen LogP contribution >= 0.6 is 11.3 Å². The average Bonchev–Trinajstić information content (AvgIpc) is 2.85. The molecule has 1 aliphatic heterocycles. The topological polar surface area (TPSA) is 63.2 Å². The van der Waals surface area contributed by atoms with E-state index < -0.39 is 0 Å². The Morgan fingerprint density at radius 1 is 1.68 bits per heavy atom. The Labute approximate surface area is 117 Å². The van der Waals surface area contributed by atoms with Gasteiger partial charge in [0.05, 0.1) is 24.9 Å². The third-order valence-electron chi connectivity index (χ3n) is 3.17. The predicted octanol–water partition coefficient (Wildman–Crippen LogP) is 1.26. The van der Waals surface area contributed by atoms with Gasteiger partial charge < -0.3 is 15.4 Å². The van der Waals surface area contributed by atoms with Gasteiger partial charge in [-0.1, -0.05) is 13.8 Å². The van der Waals surface area contributed by atoms with E-state index in [0.29, 0.717) is 19.1 Å². The standard InChI is InChI=1S/C13H21N3O2S/c1-8(2)10-7-19-11(16-10)6-15-13(17)12-9(3)18-5-4-14-12/h7-9,12,14H,4-6H2,1-3H3,(H,15,17)/t9-,12+/m1/s1. The molecule has 1 saturated heterocycles. The van der Waals surface area contributed by atoms with Crippen molar-refractivity contribution in [1.29, 1.82) is 0 Å². The fraction of sp³-hybridized carbons (Fsp3) is 0.692. The summed E-state index contributed by atoms with van der Waals surface area (Å²) in [5.41, 5.74) is 1.08. The molecule has 2 N–H and O–H groups in total. The Balaban J connectivity index is 1.85. The molecule has 106 valence electrons. The highest BCUT2D eigenvalue weighted by Crippen LogP contribution is 2.17. The largest absolute Gasteiger partial charge is 0.375 e. The average molecular weight is 283 g/mol. The lowest BCUT2D eigenvalue weighted by Gasteiger charge is -2.29. The lowest BCUT2D eigenvalue weighted by molar-refractivity contribution is -0.129. The summed E-state index contributed by atoms with van der Waals surface area (Å²) in [4.78, 5) is 16.5. The van der Waals surface area contributed by atoms with E-state index in [1.807, 2.05) is 6.92 Å². The molecule has 0 saturated carbocycles. The molecule has 19 heavy (non-hydrogen) atoms. The van der Waals surface area contributed by atoms with Crippen LogP contribution in [0.5, 0.6) is 0 Å². The van der Waals surface area contributed by atoms with Crippen molar-refractivity contribution < 1.29 is 9.53 Å². The van der Waals surface area contributed by atoms with Gasteiger partial charge in [0.2, 0.25) is 5.91 Å². The van der Waals surface area contributed by atoms with Gasteiger partial charge in [0.1, 0.15) is 11.0 Å². The van der Waals surface area contributed by atoms with Gasteiger partial charge in [0, 0.05) is 11.9 Å². The van der Waals surface area contributed by atoms with Crippen LogP contribution in [0.2, 0.25) is 0 Å². The van der Waals surface area contributed by atoms with Gasteiger partial charge >= 0.3 is 0 Å². The van der Waals surface area contributed by atoms with Crippen molar-refractivity contribution in [2.45, 2.75) is 45.4 Å². The first-order valence-corrected chi connectivity index (χ1v) is 7.53. The van der Waals surface area contributed by atoms with Gasteiger partial charge in [-0.15, -0.1) is 11.3 Å². The number of rotatable bonds is 4. The molecule has 6 heteroatoms. The van der Waals surface area contributed by atoms with Crippen LogP contribution in [0.25, 0.3) is 0 Å². The second kappa shape index (κ2) is 6.45. The minimum atomic E-state index is -0.265. The Morgan fingerprint density at radius 3 is 3.11 bits per heavy atom. The van der Waals surface area contributed by atoms with Crippen LogP contribution < -0.4 is 10.6 Å². The molecule has 1 fully saturated rings. The van der Waals surface area contributed by atoms with E-state index in [4.69, 9.17) is 4.74 Å². The highest BCUT2D eigenvalue weighted by atomic mass is 32.1. The molecule has 2 atom stereocenters. The number of carbonyl (C=O) groups is 1. The van der Waals surface area contributed by atoms with Crippen molar-refractivity contribution >= 4 is 17.2 Å². The minimum absolute atomic E-state index is 0.0199. The van der Waals surface area contributed by atoms with Gasteiger partial charge in [-0.05, 0) is 12.8 Å². The van der Waals surface area contributed by atoms with E-state index in [1.54, 1.807) is 11.3 Å². The fourth-order valence-corrected chi connectivity index (χ4v) is 2.87. The van der Waals surface area contributed by atoms with Gasteiger partial charge in [0.25, 0.3) is 0 Å². The Bertz CT molecular complexity index is 433. The van der Waals surface area contributed by atoms with E-state index >= 15 is 0 Å². The number of nitrogens with zero attached hydrogens (tertiary/aromatic N) is 1. The van der Waals surface area contributed by atoms with Crippen molar-refractivity contribution in [3.8, 4) is 0 Å². The van der Waals surface area contributed by atoms with Crippen molar-refractivity contribution in [2.24, 2.45) is 0 Å². The number of ether oxygens (including phenoxy) is 1. The minimum Gasteiger partial charge on any atom is -0.375 e. The second-order valence-corrected chi connectivity index (χ2v) is 5.99. The van der Waals surface area contributed by atoms with Crippen molar-refractivity contribution in [2.75, 3.05) is 13.2 Å². The van der Waals surface area contributed by atoms with Gasteiger partial charge in [-0.3, -0.25) is 4.79 Å². The van der Waals surface area contributed by atoms with Crippen LogP contribution in [0.4, 0.5) is 0 Å². The molecular formula is C13H21N3O2S. The number of amides is 1. The summed E-state index contributed by atoms with van der Waals surface area (Å²) in [5, 5.41) is 9.09. The zero-order valence-corrected chi connectivity index (χ0v) is 12.4. The normalized spacial score (nSPS) is 23.6. The maximum Gasteiger partial charge on any atom is 0.240 e. The molecule has 1 aromatic heterocycles. The van der Waals surface area contributed by atoms with Crippen molar-refractivity contribution in [3.63, 3.8) is 0 Å². The monoisotopic (exact) mass is 283 g/mol. The molecule has 2 heterocycles. The van der Waals surface area contributed by atoms with Crippen molar-refractivity contribution in [1.82, 2.24) is 15.6 Å². The molecule has 1 amide bonds. The molecule has 2 rings (SSSR count). The maximum atomic E-state index is 12.0. The Kier molecular flexibility index (Phi) is 4.90. The molecule has 0 bridgehead atoms. The first kappa shape index (κ1) is 14.4. The van der Waals surface area contributed by atoms with Crippen LogP contribution in [0.1, 0.15) is 37.4 Å². The molecular weight excluding hydrogens is 262 g/mol. The van der Waals surface area contributed by atoms with Crippen LogP contribution in [-0.2, 0) is 16.1 Å². The van der Waals surface area contributed by atoms with Gasteiger partial charge in [-0.25, -0.2) is 4.98 Å². The third-order valence-corrected chi connectivity index (χ3v) is 4.04. The molecule has 0 spiro atoms. The molecule has 1 aliphatic rings. The van der Waals surface area contributed by atoms with Gasteiger partial charge in [0.15, 0.2) is 0 Å². The third kappa shape index (κ3) is 3.75. The second-order valence-electron chi connectivity index (χ2n) is 5.05. The highest BCUT2D eigenvalue weighted by Gasteiger charge is 2.28. The number of nitrogens with one attached hydrogen (secondary N) is 2. The highest BCUT2D eigenvalue weighted by molar-refractivity contribution is 7.09. The first-order valence-electron chi connectivity index (χ1n) is 6.65. The summed E-state index contributed by atoms with van der Waals surface area (Å²) < 4.78 is 5.46. The Hall–Kier alpha value is -0.980. The zero-order chi connectivity index (χ0) is 13.8. The summed E-state index contributed by atoms with van der Waals surface area (Å²) in [7, 11) is 0. The lowest BCUT2D eigenvalue weighted by Crippen LogP contribution is -2.55. The molecule has 1 aromatic rings. The van der Waals surface area contributed by atoms with Crippen molar-refractivity contribution in [3.05, 3.63) is 16.1 Å². The van der Waals surface area contributed by atoms with E-state index in [-0.39, 0.29) is 18.1 Å². The van der Waals surface area contributed by atoms with Crippen LogP contribution in [0, 0.1) is 0 Å². The quantitative estimate of drug-likeness (QED) is 0.873. The summed E-state index contributed by atoms with van der Waals surface area (Å²) in [6.07, 6.45) is -0.0868. The number of aromatic nitrogens is 1. The summed E-state index contributed by atoms with van der Waals surface area (Å²) >= 11 is 1.59. The first-order chi connectivity index (χ1) is 9.08. The van der Waals surface area contributed by atoms with E-state index in [0.717, 1.165) is 17.2 Å². The van der Waals surface area contributed by atoms with Gasteiger partial charge in [-0.2, -0.15) is 0 Å². The Morgan fingerprint density at radius 2 is 2.47 bits per heavy atom. The number of carbonyl (C=O) groups excluding carboxylic acids is 1. The molecule has 0 aliphatic carbocycles.